The van der Waals surface area contributed by atoms with E-state index in [2.05, 4.69) is 36.0 Å². The Morgan fingerprint density at radius 2 is 1.68 bits per heavy atom. The maximum absolute atomic E-state index is 13.1. The van der Waals surface area contributed by atoms with E-state index in [4.69, 9.17) is 4.74 Å². The molecule has 1 saturated carbocycles. The lowest BCUT2D eigenvalue weighted by Gasteiger charge is -2.41. The number of piperidine rings is 1. The van der Waals surface area contributed by atoms with E-state index in [1.807, 2.05) is 33.0 Å². The van der Waals surface area contributed by atoms with Crippen LogP contribution in [-0.2, 0) is 15.8 Å². The first-order valence-corrected chi connectivity index (χ1v) is 15.2. The summed E-state index contributed by atoms with van der Waals surface area (Å²) in [5, 5.41) is 3.25. The van der Waals surface area contributed by atoms with Gasteiger partial charge in [-0.3, -0.25) is 4.79 Å². The summed E-state index contributed by atoms with van der Waals surface area (Å²) in [6.07, 6.45) is 7.41. The summed E-state index contributed by atoms with van der Waals surface area (Å²) in [7, 11) is 4.39. The quantitative estimate of drug-likeness (QED) is 0.462. The van der Waals surface area contributed by atoms with Crippen LogP contribution in [0.3, 0.4) is 0 Å². The standard InChI is InChI=1S/C29H50N4O3S/c1-21(2)31(5)20-24-12-16-33(17-13-24)26-10-8-25(9-11-26)30-28(34)14-15-32(6)37(35)29-22(3)18-27(36-7)19-23(29)4/h18-19,21,24-26H,8-17,20H2,1-7H3,(H,30,34). The molecule has 0 spiro atoms. The largest absolute Gasteiger partial charge is 0.497 e. The molecular weight excluding hydrogens is 484 g/mol. The van der Waals surface area contributed by atoms with Gasteiger partial charge in [-0.1, -0.05) is 0 Å². The monoisotopic (exact) mass is 534 g/mol. The van der Waals surface area contributed by atoms with E-state index in [0.29, 0.717) is 25.0 Å². The molecule has 1 unspecified atom stereocenters. The molecular formula is C29H50N4O3S. The van der Waals surface area contributed by atoms with Crippen molar-refractivity contribution in [2.24, 2.45) is 5.92 Å². The van der Waals surface area contributed by atoms with Crippen molar-refractivity contribution in [3.63, 3.8) is 0 Å². The molecule has 0 radical (unpaired) electrons. The van der Waals surface area contributed by atoms with Crippen molar-refractivity contribution in [2.75, 3.05) is 47.4 Å². The first kappa shape index (κ1) is 30.1. The molecule has 0 aromatic heterocycles. The van der Waals surface area contributed by atoms with Gasteiger partial charge in [-0.25, -0.2) is 8.51 Å². The number of carbonyl (C=O) groups excluding carboxylic acids is 1. The van der Waals surface area contributed by atoms with Crippen LogP contribution >= 0.6 is 0 Å². The Labute approximate surface area is 227 Å². The van der Waals surface area contributed by atoms with Gasteiger partial charge in [-0.15, -0.1) is 0 Å². The van der Waals surface area contributed by atoms with E-state index in [-0.39, 0.29) is 11.9 Å². The zero-order valence-electron chi connectivity index (χ0n) is 24.2. The molecule has 1 aliphatic heterocycles. The molecule has 1 aromatic rings. The first-order valence-electron chi connectivity index (χ1n) is 14.1. The minimum absolute atomic E-state index is 0.0607. The van der Waals surface area contributed by atoms with Crippen molar-refractivity contribution >= 4 is 16.9 Å². The van der Waals surface area contributed by atoms with E-state index in [1.165, 1.54) is 45.3 Å². The van der Waals surface area contributed by atoms with Gasteiger partial charge in [0.05, 0.1) is 12.0 Å². The summed E-state index contributed by atoms with van der Waals surface area (Å²) in [5.41, 5.74) is 1.88. The second kappa shape index (κ2) is 14.1. The Balaban J connectivity index is 1.37. The molecule has 8 heteroatoms. The second-order valence-electron chi connectivity index (χ2n) is 11.5. The van der Waals surface area contributed by atoms with Gasteiger partial charge in [-0.2, -0.15) is 0 Å². The Morgan fingerprint density at radius 3 is 2.22 bits per heavy atom. The number of rotatable bonds is 11. The number of benzene rings is 1. The molecule has 1 aliphatic carbocycles. The van der Waals surface area contributed by atoms with Crippen LogP contribution in [0.5, 0.6) is 5.75 Å². The Kier molecular flexibility index (Phi) is 11.4. The third-order valence-corrected chi connectivity index (χ3v) is 10.2. The molecule has 0 bridgehead atoms. The highest BCUT2D eigenvalue weighted by molar-refractivity contribution is 7.82. The number of aryl methyl sites for hydroxylation is 2. The first-order chi connectivity index (χ1) is 17.6. The number of ether oxygens (including phenoxy) is 1. The fourth-order valence-electron chi connectivity index (χ4n) is 5.81. The molecule has 1 atom stereocenters. The highest BCUT2D eigenvalue weighted by Gasteiger charge is 2.30. The third kappa shape index (κ3) is 8.50. The summed E-state index contributed by atoms with van der Waals surface area (Å²) in [6.45, 7) is 12.6. The predicted molar refractivity (Wildman–Crippen MR) is 152 cm³/mol. The zero-order valence-corrected chi connectivity index (χ0v) is 25.0. The average molecular weight is 535 g/mol. The van der Waals surface area contributed by atoms with Crippen LogP contribution in [-0.4, -0.2) is 89.7 Å². The Morgan fingerprint density at radius 1 is 1.08 bits per heavy atom. The van der Waals surface area contributed by atoms with Crippen LogP contribution in [0.15, 0.2) is 17.0 Å². The van der Waals surface area contributed by atoms with Crippen LogP contribution in [0.25, 0.3) is 0 Å². The number of hydrogen-bond acceptors (Lipinski definition) is 5. The topological polar surface area (TPSA) is 65.1 Å². The Bertz CT molecular complexity index is 885. The molecule has 1 aromatic carbocycles. The lowest BCUT2D eigenvalue weighted by molar-refractivity contribution is -0.122. The van der Waals surface area contributed by atoms with Crippen molar-refractivity contribution in [3.05, 3.63) is 23.3 Å². The van der Waals surface area contributed by atoms with Crippen molar-refractivity contribution in [2.45, 2.75) is 95.7 Å². The normalized spacial score (nSPS) is 22.5. The van der Waals surface area contributed by atoms with Crippen molar-refractivity contribution < 1.29 is 13.7 Å². The third-order valence-electron chi connectivity index (χ3n) is 8.44. The van der Waals surface area contributed by atoms with Crippen LogP contribution < -0.4 is 10.1 Å². The van der Waals surface area contributed by atoms with Crippen LogP contribution in [0.2, 0.25) is 0 Å². The number of likely N-dealkylation sites (tertiary alicyclic amines) is 1. The number of hydrogen-bond donors (Lipinski definition) is 1. The van der Waals surface area contributed by atoms with Crippen LogP contribution in [0, 0.1) is 19.8 Å². The minimum Gasteiger partial charge on any atom is -0.497 e. The zero-order chi connectivity index (χ0) is 27.1. The fraction of sp³-hybridized carbons (Fsp3) is 0.759. The molecule has 1 amide bonds. The number of nitrogens with zero attached hydrogens (tertiary/aromatic N) is 3. The molecule has 1 saturated heterocycles. The highest BCUT2D eigenvalue weighted by atomic mass is 32.2. The maximum Gasteiger partial charge on any atom is 0.221 e. The van der Waals surface area contributed by atoms with Crippen molar-refractivity contribution in [1.29, 1.82) is 0 Å². The van der Waals surface area contributed by atoms with Gasteiger partial charge >= 0.3 is 0 Å². The van der Waals surface area contributed by atoms with Gasteiger partial charge in [-0.05, 0) is 116 Å². The second-order valence-corrected chi connectivity index (χ2v) is 13.1. The van der Waals surface area contributed by atoms with Crippen LogP contribution in [0.4, 0.5) is 0 Å². The summed E-state index contributed by atoms with van der Waals surface area (Å²) in [6, 6.07) is 5.37. The number of carbonyl (C=O) groups is 1. The van der Waals surface area contributed by atoms with Crippen molar-refractivity contribution in [1.82, 2.24) is 19.4 Å². The molecule has 3 rings (SSSR count). The van der Waals surface area contributed by atoms with Gasteiger partial charge in [0.15, 0.2) is 0 Å². The lowest BCUT2D eigenvalue weighted by atomic mass is 9.87. The molecule has 2 aliphatic rings. The summed E-state index contributed by atoms with van der Waals surface area (Å²) in [4.78, 5) is 18.7. The molecule has 1 heterocycles. The summed E-state index contributed by atoms with van der Waals surface area (Å²) >= 11 is 0. The van der Waals surface area contributed by atoms with E-state index in [9.17, 15) is 9.00 Å². The molecule has 1 N–H and O–H groups in total. The fourth-order valence-corrected chi connectivity index (χ4v) is 7.04. The summed E-state index contributed by atoms with van der Waals surface area (Å²) in [5.74, 6) is 1.65. The Hall–Kier alpha value is -1.48. The van der Waals surface area contributed by atoms with Gasteiger partial charge in [0.2, 0.25) is 5.91 Å². The number of amides is 1. The summed E-state index contributed by atoms with van der Waals surface area (Å²) < 4.78 is 20.2. The van der Waals surface area contributed by atoms with E-state index in [0.717, 1.165) is 40.5 Å². The van der Waals surface area contributed by atoms with E-state index >= 15 is 0 Å². The minimum atomic E-state index is -1.31. The van der Waals surface area contributed by atoms with E-state index < -0.39 is 11.0 Å². The molecule has 37 heavy (non-hydrogen) atoms. The van der Waals surface area contributed by atoms with Gasteiger partial charge < -0.3 is 19.9 Å². The van der Waals surface area contributed by atoms with E-state index in [1.54, 1.807) is 11.4 Å². The highest BCUT2D eigenvalue weighted by Crippen LogP contribution is 2.28. The van der Waals surface area contributed by atoms with Gasteiger partial charge in [0.25, 0.3) is 0 Å². The van der Waals surface area contributed by atoms with Gasteiger partial charge in [0, 0.05) is 44.7 Å². The SMILES string of the molecule is COc1cc(C)c(S(=O)N(C)CCC(=O)NC2CCC(N3CCC(CN(C)C(C)C)CC3)CC2)c(C)c1. The lowest BCUT2D eigenvalue weighted by Crippen LogP contribution is -2.47. The molecule has 210 valence electrons. The predicted octanol–water partition coefficient (Wildman–Crippen LogP) is 4.14. The number of nitrogens with one attached hydrogen (secondary N) is 1. The maximum atomic E-state index is 13.1. The average Bonchev–Trinajstić information content (AvgIpc) is 2.87. The molecule has 7 nitrogen and oxygen atoms in total. The van der Waals surface area contributed by atoms with Crippen LogP contribution in [0.1, 0.15) is 69.9 Å². The number of methoxy groups -OCH3 is 1. The van der Waals surface area contributed by atoms with Gasteiger partial charge in [0.1, 0.15) is 16.7 Å². The van der Waals surface area contributed by atoms with Crippen molar-refractivity contribution in [3.8, 4) is 5.75 Å². The smallest absolute Gasteiger partial charge is 0.221 e. The molecule has 2 fully saturated rings.